The molecule has 0 spiro atoms. The molecule has 0 radical (unpaired) electrons. The zero-order chi connectivity index (χ0) is 8.81. The molecule has 0 atom stereocenters. The van der Waals surface area contributed by atoms with Crippen molar-refractivity contribution in [1.82, 2.24) is 0 Å². The molecule has 0 aliphatic heterocycles. The van der Waals surface area contributed by atoms with Gasteiger partial charge in [-0.25, -0.2) is 0 Å². The Hall–Kier alpha value is 0.570. The molecule has 0 aromatic heterocycles. The second kappa shape index (κ2) is 7.93. The van der Waals surface area contributed by atoms with E-state index in [0.717, 1.165) is 4.90 Å². The molecule has 0 saturated heterocycles. The van der Waals surface area contributed by atoms with E-state index in [2.05, 4.69) is 37.8 Å². The summed E-state index contributed by atoms with van der Waals surface area (Å²) in [4.78, 5) is 1.13. The van der Waals surface area contributed by atoms with Crippen LogP contribution in [0.2, 0.25) is 0 Å². The van der Waals surface area contributed by atoms with Crippen LogP contribution in [0.15, 0.2) is 29.2 Å². The summed E-state index contributed by atoms with van der Waals surface area (Å²) in [5, 5.41) is 0. The molecular formula is C11H17NaS. The van der Waals surface area contributed by atoms with Gasteiger partial charge in [-0.2, -0.15) is 0 Å². The smallest absolute Gasteiger partial charge is 1.00 e. The predicted molar refractivity (Wildman–Crippen MR) is 58.0 cm³/mol. The number of hydrogen-bond acceptors (Lipinski definition) is 1. The van der Waals surface area contributed by atoms with E-state index in [0.29, 0.717) is 0 Å². The summed E-state index contributed by atoms with van der Waals surface area (Å²) >= 11 is 4.40. The van der Waals surface area contributed by atoms with Crippen LogP contribution in [0, 0.1) is 0 Å². The fourth-order valence-electron chi connectivity index (χ4n) is 1.29. The first-order valence-corrected chi connectivity index (χ1v) is 5.06. The normalized spacial score (nSPS) is 9.38. The predicted octanol–water partition coefficient (Wildman–Crippen LogP) is 0.824. The third-order valence-electron chi connectivity index (χ3n) is 2.04. The van der Waals surface area contributed by atoms with E-state index in [4.69, 9.17) is 0 Å². The van der Waals surface area contributed by atoms with Crippen molar-refractivity contribution in [3.8, 4) is 0 Å². The maximum absolute atomic E-state index is 4.40. The van der Waals surface area contributed by atoms with Crippen LogP contribution in [-0.2, 0) is 6.42 Å². The number of hydrogen-bond donors (Lipinski definition) is 1. The van der Waals surface area contributed by atoms with Gasteiger partial charge in [-0.3, -0.25) is 0 Å². The Kier molecular flexibility index (Phi) is 8.27. The van der Waals surface area contributed by atoms with Crippen LogP contribution in [0.1, 0.15) is 33.2 Å². The second-order valence-corrected chi connectivity index (χ2v) is 3.57. The van der Waals surface area contributed by atoms with Gasteiger partial charge in [0.1, 0.15) is 0 Å². The minimum atomic E-state index is 0. The maximum Gasteiger partial charge on any atom is 1.00 e. The molecule has 0 unspecified atom stereocenters. The first-order chi connectivity index (χ1) is 5.84. The molecule has 0 aliphatic carbocycles. The van der Waals surface area contributed by atoms with Crippen molar-refractivity contribution in [2.24, 2.45) is 0 Å². The van der Waals surface area contributed by atoms with Crippen LogP contribution in [0.5, 0.6) is 0 Å². The third-order valence-corrected chi connectivity index (χ3v) is 2.48. The van der Waals surface area contributed by atoms with Crippen molar-refractivity contribution >= 4 is 12.6 Å². The van der Waals surface area contributed by atoms with Crippen LogP contribution < -0.4 is 29.6 Å². The van der Waals surface area contributed by atoms with Gasteiger partial charge < -0.3 is 1.43 Å². The number of rotatable bonds is 4. The molecule has 0 N–H and O–H groups in total. The SMILES string of the molecule is CCCCCc1ccccc1S.[H-].[Na+]. The first kappa shape index (κ1) is 13.6. The molecule has 1 aromatic carbocycles. The first-order valence-electron chi connectivity index (χ1n) is 4.61. The van der Waals surface area contributed by atoms with Gasteiger partial charge in [-0.1, -0.05) is 38.0 Å². The molecule has 0 amide bonds. The molecule has 1 aromatic rings. The van der Waals surface area contributed by atoms with Crippen molar-refractivity contribution in [3.05, 3.63) is 29.8 Å². The molecule has 68 valence electrons. The van der Waals surface area contributed by atoms with Gasteiger partial charge in [-0.15, -0.1) is 12.6 Å². The average molecular weight is 204 g/mol. The van der Waals surface area contributed by atoms with Crippen molar-refractivity contribution in [2.75, 3.05) is 0 Å². The van der Waals surface area contributed by atoms with Crippen LogP contribution in [0.3, 0.4) is 0 Å². The third kappa shape index (κ3) is 5.11. The fraction of sp³-hybridized carbons (Fsp3) is 0.455. The Morgan fingerprint density at radius 2 is 1.92 bits per heavy atom. The Bertz CT molecular complexity index is 240. The van der Waals surface area contributed by atoms with Gasteiger partial charge in [0.25, 0.3) is 0 Å². The van der Waals surface area contributed by atoms with Gasteiger partial charge in [-0.05, 0) is 24.5 Å². The molecular weight excluding hydrogens is 187 g/mol. The van der Waals surface area contributed by atoms with E-state index in [-0.39, 0.29) is 31.0 Å². The molecule has 0 heterocycles. The largest absolute Gasteiger partial charge is 1.00 e. The Balaban J connectivity index is 0. The average Bonchev–Trinajstić information content (AvgIpc) is 2.09. The molecule has 0 bridgehead atoms. The van der Waals surface area contributed by atoms with Gasteiger partial charge in [0, 0.05) is 4.90 Å². The molecule has 0 saturated carbocycles. The van der Waals surface area contributed by atoms with Gasteiger partial charge >= 0.3 is 29.6 Å². The van der Waals surface area contributed by atoms with Crippen molar-refractivity contribution in [2.45, 2.75) is 37.5 Å². The summed E-state index contributed by atoms with van der Waals surface area (Å²) in [6.45, 7) is 2.23. The molecule has 2 heteroatoms. The monoisotopic (exact) mass is 204 g/mol. The molecule has 0 nitrogen and oxygen atoms in total. The summed E-state index contributed by atoms with van der Waals surface area (Å²) in [5.74, 6) is 0. The van der Waals surface area contributed by atoms with Crippen LogP contribution in [0.25, 0.3) is 0 Å². The summed E-state index contributed by atoms with van der Waals surface area (Å²) < 4.78 is 0. The summed E-state index contributed by atoms with van der Waals surface area (Å²) in [7, 11) is 0. The Morgan fingerprint density at radius 1 is 1.23 bits per heavy atom. The molecule has 1 rings (SSSR count). The Labute approximate surface area is 110 Å². The van der Waals surface area contributed by atoms with Crippen LogP contribution in [0.4, 0.5) is 0 Å². The topological polar surface area (TPSA) is 0 Å². The Morgan fingerprint density at radius 3 is 2.54 bits per heavy atom. The van der Waals surface area contributed by atoms with E-state index in [9.17, 15) is 0 Å². The minimum Gasteiger partial charge on any atom is -1.00 e. The maximum atomic E-state index is 4.40. The second-order valence-electron chi connectivity index (χ2n) is 3.09. The van der Waals surface area contributed by atoms with Crippen molar-refractivity contribution < 1.29 is 31.0 Å². The molecule has 13 heavy (non-hydrogen) atoms. The summed E-state index contributed by atoms with van der Waals surface area (Å²) in [6.07, 6.45) is 5.07. The standard InChI is InChI=1S/C11H16S.Na.H/c1-2-3-4-7-10-8-5-6-9-11(10)12;;/h5-6,8-9,12H,2-4,7H2,1H3;;/q;+1;-1. The van der Waals surface area contributed by atoms with Crippen molar-refractivity contribution in [1.29, 1.82) is 0 Å². The van der Waals surface area contributed by atoms with Gasteiger partial charge in [0.2, 0.25) is 0 Å². The number of benzene rings is 1. The van der Waals surface area contributed by atoms with Crippen LogP contribution >= 0.6 is 12.6 Å². The van der Waals surface area contributed by atoms with Gasteiger partial charge in [0.15, 0.2) is 0 Å². The van der Waals surface area contributed by atoms with Gasteiger partial charge in [0.05, 0.1) is 0 Å². The van der Waals surface area contributed by atoms with Crippen molar-refractivity contribution in [3.63, 3.8) is 0 Å². The fourth-order valence-corrected chi connectivity index (χ4v) is 1.56. The van der Waals surface area contributed by atoms with E-state index in [1.54, 1.807) is 0 Å². The number of aryl methyl sites for hydroxylation is 1. The van der Waals surface area contributed by atoms with E-state index in [1.165, 1.54) is 31.2 Å². The van der Waals surface area contributed by atoms with E-state index >= 15 is 0 Å². The van der Waals surface area contributed by atoms with Crippen LogP contribution in [-0.4, -0.2) is 0 Å². The molecule has 0 aliphatic rings. The molecule has 0 fully saturated rings. The minimum absolute atomic E-state index is 0. The zero-order valence-corrected chi connectivity index (χ0v) is 11.5. The summed E-state index contributed by atoms with van der Waals surface area (Å²) in [6, 6.07) is 8.34. The van der Waals surface area contributed by atoms with E-state index < -0.39 is 0 Å². The summed E-state index contributed by atoms with van der Waals surface area (Å²) in [5.41, 5.74) is 1.38. The zero-order valence-electron chi connectivity index (χ0n) is 9.59. The number of thiol groups is 1. The number of unbranched alkanes of at least 4 members (excludes halogenated alkanes) is 2. The quantitative estimate of drug-likeness (QED) is 0.419. The van der Waals surface area contributed by atoms with E-state index in [1.807, 2.05) is 6.07 Å².